The number of rotatable bonds is 5. The minimum atomic E-state index is -0.551. The van der Waals surface area contributed by atoms with Crippen LogP contribution in [0.3, 0.4) is 0 Å². The van der Waals surface area contributed by atoms with Gasteiger partial charge >= 0.3 is 0 Å². The summed E-state index contributed by atoms with van der Waals surface area (Å²) in [6.45, 7) is 0. The number of aromatic amines is 1. The van der Waals surface area contributed by atoms with Gasteiger partial charge in [0.05, 0.1) is 6.33 Å². The normalized spacial score (nSPS) is 12.7. The second-order valence-corrected chi connectivity index (χ2v) is 2.52. The van der Waals surface area contributed by atoms with Crippen LogP contribution in [-0.4, -0.2) is 21.9 Å². The van der Waals surface area contributed by atoms with Gasteiger partial charge in [0.1, 0.15) is 6.04 Å². The summed E-state index contributed by atoms with van der Waals surface area (Å²) in [5, 5.41) is 0. The van der Waals surface area contributed by atoms with Gasteiger partial charge < -0.3 is 10.7 Å². The molecule has 0 saturated carbocycles. The van der Waals surface area contributed by atoms with E-state index in [1.165, 1.54) is 6.33 Å². The van der Waals surface area contributed by atoms with Crippen LogP contribution in [0.1, 0.15) is 5.69 Å². The van der Waals surface area contributed by atoms with E-state index in [1.807, 2.05) is 0 Å². The minimum absolute atomic E-state index is 0.416. The maximum Gasteiger partial charge on any atom is 0.236 e. The number of imidazole rings is 1. The van der Waals surface area contributed by atoms with E-state index in [2.05, 4.69) is 20.9 Å². The molecule has 72 valence electrons. The Morgan fingerprint density at radius 3 is 3.00 bits per heavy atom. The Balaban J connectivity index is 2.52. The molecule has 1 aromatic rings. The molecule has 0 aliphatic carbocycles. The molecule has 1 amide bonds. The van der Waals surface area contributed by atoms with Crippen LogP contribution in [0.4, 0.5) is 0 Å². The molecule has 0 unspecified atom stereocenters. The predicted octanol–water partition coefficient (Wildman–Crippen LogP) is -2.23. The molecule has 0 bridgehead atoms. The van der Waals surface area contributed by atoms with Crippen LogP contribution >= 0.6 is 0 Å². The topological polar surface area (TPSA) is 122 Å². The summed E-state index contributed by atoms with van der Waals surface area (Å²) in [6.07, 6.45) is 3.57. The number of nitrogens with one attached hydrogen (secondary N) is 3. The second kappa shape index (κ2) is 4.55. The van der Waals surface area contributed by atoms with Crippen molar-refractivity contribution in [3.05, 3.63) is 18.2 Å². The third kappa shape index (κ3) is 2.82. The lowest BCUT2D eigenvalue weighted by atomic mass is 10.2. The zero-order valence-electron chi connectivity index (χ0n) is 6.95. The largest absolute Gasteiger partial charge is 0.368 e. The molecule has 7 N–H and O–H groups in total. The number of carbonyl (C=O) groups is 1. The van der Waals surface area contributed by atoms with Crippen LogP contribution in [0.2, 0.25) is 0 Å². The minimum Gasteiger partial charge on any atom is -0.368 e. The van der Waals surface area contributed by atoms with Crippen molar-refractivity contribution in [2.75, 3.05) is 0 Å². The highest BCUT2D eigenvalue weighted by Gasteiger charge is 2.14. The van der Waals surface area contributed by atoms with Gasteiger partial charge in [0.15, 0.2) is 0 Å². The van der Waals surface area contributed by atoms with E-state index in [1.54, 1.807) is 6.20 Å². The maximum absolute atomic E-state index is 10.8. The number of nitrogens with two attached hydrogens (primary N) is 2. The van der Waals surface area contributed by atoms with Crippen molar-refractivity contribution in [3.8, 4) is 0 Å². The van der Waals surface area contributed by atoms with Gasteiger partial charge in [-0.25, -0.2) is 10.4 Å². The van der Waals surface area contributed by atoms with Gasteiger partial charge in [-0.05, 0) is 0 Å². The summed E-state index contributed by atoms with van der Waals surface area (Å²) in [4.78, 5) is 17.5. The fourth-order valence-corrected chi connectivity index (χ4v) is 0.940. The SMILES string of the molecule is NNN[C@@H](Cc1cnc[nH]1)C(N)=O. The highest BCUT2D eigenvalue weighted by atomic mass is 16.1. The Bertz CT molecular complexity index is 258. The number of carbonyl (C=O) groups excluding carboxylic acids is 1. The monoisotopic (exact) mass is 184 g/mol. The molecule has 1 aromatic heterocycles. The molecular formula is C6H12N6O. The smallest absolute Gasteiger partial charge is 0.236 e. The summed E-state index contributed by atoms with van der Waals surface area (Å²) < 4.78 is 0. The van der Waals surface area contributed by atoms with Crippen molar-refractivity contribution in [2.45, 2.75) is 12.5 Å². The van der Waals surface area contributed by atoms with Gasteiger partial charge in [-0.15, -0.1) is 0 Å². The maximum atomic E-state index is 10.8. The zero-order chi connectivity index (χ0) is 9.68. The number of H-pyrrole nitrogens is 1. The Hall–Kier alpha value is -1.44. The number of nitrogens with zero attached hydrogens (tertiary/aromatic N) is 1. The van der Waals surface area contributed by atoms with Crippen molar-refractivity contribution in [2.24, 2.45) is 11.6 Å². The average molecular weight is 184 g/mol. The number of hydrogen-bond donors (Lipinski definition) is 5. The first kappa shape index (κ1) is 9.65. The molecule has 1 rings (SSSR count). The number of primary amides is 1. The molecule has 0 spiro atoms. The fraction of sp³-hybridized carbons (Fsp3) is 0.333. The van der Waals surface area contributed by atoms with Crippen LogP contribution in [0.25, 0.3) is 0 Å². The molecule has 7 nitrogen and oxygen atoms in total. The molecule has 7 heteroatoms. The summed E-state index contributed by atoms with van der Waals surface area (Å²) in [5.74, 6) is 4.52. The van der Waals surface area contributed by atoms with Gasteiger partial charge in [0.2, 0.25) is 5.91 Å². The van der Waals surface area contributed by atoms with E-state index in [4.69, 9.17) is 11.6 Å². The molecule has 0 aliphatic heterocycles. The summed E-state index contributed by atoms with van der Waals surface area (Å²) >= 11 is 0. The second-order valence-electron chi connectivity index (χ2n) is 2.52. The number of hydrazine groups is 2. The number of aromatic nitrogens is 2. The Morgan fingerprint density at radius 2 is 2.54 bits per heavy atom. The Labute approximate surface area is 74.8 Å². The molecule has 0 fully saturated rings. The Kier molecular flexibility index (Phi) is 3.38. The average Bonchev–Trinajstić information content (AvgIpc) is 2.56. The van der Waals surface area contributed by atoms with Gasteiger partial charge in [-0.1, -0.05) is 0 Å². The predicted molar refractivity (Wildman–Crippen MR) is 45.7 cm³/mol. The zero-order valence-corrected chi connectivity index (χ0v) is 6.95. The molecule has 0 radical (unpaired) electrons. The number of hydrogen-bond acceptors (Lipinski definition) is 5. The lowest BCUT2D eigenvalue weighted by Gasteiger charge is -2.12. The molecule has 0 aromatic carbocycles. The summed E-state index contributed by atoms with van der Waals surface area (Å²) in [6, 6.07) is -0.551. The van der Waals surface area contributed by atoms with Crippen molar-refractivity contribution < 1.29 is 4.79 Å². The first-order chi connectivity index (χ1) is 6.24. The molecule has 0 saturated heterocycles. The molecule has 0 aliphatic rings. The van der Waals surface area contributed by atoms with Crippen molar-refractivity contribution >= 4 is 5.91 Å². The summed E-state index contributed by atoms with van der Waals surface area (Å²) in [5.41, 5.74) is 10.6. The van der Waals surface area contributed by atoms with Gasteiger partial charge in [0.25, 0.3) is 0 Å². The van der Waals surface area contributed by atoms with E-state index in [0.717, 1.165) is 5.69 Å². The third-order valence-corrected chi connectivity index (χ3v) is 1.58. The first-order valence-electron chi connectivity index (χ1n) is 3.71. The van der Waals surface area contributed by atoms with Crippen molar-refractivity contribution in [3.63, 3.8) is 0 Å². The van der Waals surface area contributed by atoms with Crippen LogP contribution in [-0.2, 0) is 11.2 Å². The van der Waals surface area contributed by atoms with E-state index in [9.17, 15) is 4.79 Å². The van der Waals surface area contributed by atoms with Gasteiger partial charge in [0, 0.05) is 18.3 Å². The molecule has 1 heterocycles. The standard InChI is InChI=1S/C6H12N6O/c7-6(13)5(11-12-8)1-4-2-9-3-10-4/h2-3,5,11-12H,1,8H2,(H2,7,13)(H,9,10)/t5-/m0/s1. The highest BCUT2D eigenvalue weighted by Crippen LogP contribution is 1.96. The lowest BCUT2D eigenvalue weighted by molar-refractivity contribution is -0.120. The molecular weight excluding hydrogens is 172 g/mol. The van der Waals surface area contributed by atoms with Crippen LogP contribution < -0.4 is 22.5 Å². The van der Waals surface area contributed by atoms with Crippen molar-refractivity contribution in [1.82, 2.24) is 20.9 Å². The van der Waals surface area contributed by atoms with Crippen LogP contribution in [0.5, 0.6) is 0 Å². The van der Waals surface area contributed by atoms with E-state index < -0.39 is 11.9 Å². The molecule has 1 atom stereocenters. The molecule has 13 heavy (non-hydrogen) atoms. The van der Waals surface area contributed by atoms with Crippen LogP contribution in [0, 0.1) is 0 Å². The highest BCUT2D eigenvalue weighted by molar-refractivity contribution is 5.80. The Morgan fingerprint density at radius 1 is 1.77 bits per heavy atom. The van der Waals surface area contributed by atoms with E-state index in [-0.39, 0.29) is 0 Å². The number of amides is 1. The van der Waals surface area contributed by atoms with E-state index in [0.29, 0.717) is 6.42 Å². The fourth-order valence-electron chi connectivity index (χ4n) is 0.940. The van der Waals surface area contributed by atoms with Crippen molar-refractivity contribution in [1.29, 1.82) is 0 Å². The quantitative estimate of drug-likeness (QED) is 0.262. The third-order valence-electron chi connectivity index (χ3n) is 1.58. The summed E-state index contributed by atoms with van der Waals surface area (Å²) in [7, 11) is 0. The van der Waals surface area contributed by atoms with Gasteiger partial charge in [-0.2, -0.15) is 5.53 Å². The van der Waals surface area contributed by atoms with Gasteiger partial charge in [-0.3, -0.25) is 10.6 Å². The first-order valence-corrected chi connectivity index (χ1v) is 3.71. The van der Waals surface area contributed by atoms with Crippen LogP contribution in [0.15, 0.2) is 12.5 Å². The lowest BCUT2D eigenvalue weighted by Crippen LogP contribution is -2.52. The van der Waals surface area contributed by atoms with E-state index >= 15 is 0 Å².